The maximum Gasteiger partial charge on any atom is 0.321 e. The molecule has 20 heavy (non-hydrogen) atoms. The van der Waals surface area contributed by atoms with E-state index in [1.165, 1.54) is 4.68 Å². The number of imidazole rings is 1. The summed E-state index contributed by atoms with van der Waals surface area (Å²) in [6.07, 6.45) is 7.50. The average Bonchev–Trinajstić information content (AvgIpc) is 3.04. The summed E-state index contributed by atoms with van der Waals surface area (Å²) in [6.45, 7) is 0. The third-order valence-electron chi connectivity index (χ3n) is 3.36. The Kier molecular flexibility index (Phi) is 3.13. The number of amides is 2. The standard InChI is InChI=1S/C12H17N7O/c1-18-6-5-13-11(18)10(8-3-4-8)15-12(20)14-9-7-19(2)17-16-9/h5-8,10H,3-4H2,1-2H3,(H2,14,15,20)/t10-/m0/s1. The summed E-state index contributed by atoms with van der Waals surface area (Å²) in [5.41, 5.74) is 0. The first kappa shape index (κ1) is 12.6. The molecule has 1 aliphatic carbocycles. The molecule has 0 bridgehead atoms. The summed E-state index contributed by atoms with van der Waals surface area (Å²) in [4.78, 5) is 16.4. The molecule has 2 N–H and O–H groups in total. The lowest BCUT2D eigenvalue weighted by Crippen LogP contribution is -2.35. The Morgan fingerprint density at radius 2 is 2.25 bits per heavy atom. The number of rotatable bonds is 4. The van der Waals surface area contributed by atoms with E-state index in [-0.39, 0.29) is 12.1 Å². The number of carbonyl (C=O) groups excluding carboxylic acids is 1. The predicted molar refractivity (Wildman–Crippen MR) is 71.8 cm³/mol. The minimum absolute atomic E-state index is 0.0633. The van der Waals surface area contributed by atoms with E-state index in [4.69, 9.17) is 0 Å². The number of nitrogens with one attached hydrogen (secondary N) is 2. The zero-order valence-corrected chi connectivity index (χ0v) is 11.4. The van der Waals surface area contributed by atoms with Crippen molar-refractivity contribution in [2.75, 3.05) is 5.32 Å². The average molecular weight is 275 g/mol. The van der Waals surface area contributed by atoms with Crippen LogP contribution in [0.2, 0.25) is 0 Å². The van der Waals surface area contributed by atoms with Gasteiger partial charge in [-0.3, -0.25) is 10.00 Å². The van der Waals surface area contributed by atoms with Crippen molar-refractivity contribution in [3.05, 3.63) is 24.4 Å². The maximum atomic E-state index is 12.0. The summed E-state index contributed by atoms with van der Waals surface area (Å²) < 4.78 is 3.47. The van der Waals surface area contributed by atoms with Crippen molar-refractivity contribution in [1.29, 1.82) is 0 Å². The number of nitrogens with zero attached hydrogens (tertiary/aromatic N) is 5. The van der Waals surface area contributed by atoms with E-state index < -0.39 is 0 Å². The van der Waals surface area contributed by atoms with E-state index in [0.717, 1.165) is 18.7 Å². The molecule has 0 spiro atoms. The van der Waals surface area contributed by atoms with Gasteiger partial charge in [-0.1, -0.05) is 5.21 Å². The van der Waals surface area contributed by atoms with Crippen LogP contribution in [0.4, 0.5) is 10.6 Å². The molecule has 0 aliphatic heterocycles. The molecular formula is C12H17N7O. The fourth-order valence-electron chi connectivity index (χ4n) is 2.20. The van der Waals surface area contributed by atoms with Gasteiger partial charge in [0, 0.05) is 26.5 Å². The quantitative estimate of drug-likeness (QED) is 0.864. The Balaban J connectivity index is 1.68. The van der Waals surface area contributed by atoms with Gasteiger partial charge < -0.3 is 9.88 Å². The fourth-order valence-corrected chi connectivity index (χ4v) is 2.20. The Labute approximate surface area is 116 Å². The Morgan fingerprint density at radius 3 is 2.80 bits per heavy atom. The van der Waals surface area contributed by atoms with E-state index in [2.05, 4.69) is 25.9 Å². The van der Waals surface area contributed by atoms with Crippen LogP contribution in [0.25, 0.3) is 0 Å². The molecule has 1 saturated carbocycles. The Morgan fingerprint density at radius 1 is 1.45 bits per heavy atom. The van der Waals surface area contributed by atoms with Crippen molar-refractivity contribution in [2.24, 2.45) is 20.0 Å². The number of urea groups is 1. The molecule has 2 heterocycles. The monoisotopic (exact) mass is 275 g/mol. The van der Waals surface area contributed by atoms with E-state index in [0.29, 0.717) is 11.7 Å². The highest BCUT2D eigenvalue weighted by atomic mass is 16.2. The zero-order valence-electron chi connectivity index (χ0n) is 11.4. The summed E-state index contributed by atoms with van der Waals surface area (Å²) in [6, 6.07) is -0.350. The first-order chi connectivity index (χ1) is 9.63. The molecule has 3 rings (SSSR count). The van der Waals surface area contributed by atoms with Crippen LogP contribution in [0.1, 0.15) is 24.7 Å². The van der Waals surface area contributed by atoms with Gasteiger partial charge in [-0.05, 0) is 18.8 Å². The van der Waals surface area contributed by atoms with Crippen LogP contribution in [0.5, 0.6) is 0 Å². The van der Waals surface area contributed by atoms with Crippen molar-refractivity contribution in [2.45, 2.75) is 18.9 Å². The number of hydrogen-bond donors (Lipinski definition) is 2. The molecule has 2 aromatic heterocycles. The summed E-state index contributed by atoms with van der Waals surface area (Å²) >= 11 is 0. The third-order valence-corrected chi connectivity index (χ3v) is 3.36. The smallest absolute Gasteiger partial charge is 0.321 e. The first-order valence-electron chi connectivity index (χ1n) is 6.54. The van der Waals surface area contributed by atoms with Crippen molar-refractivity contribution in [3.63, 3.8) is 0 Å². The van der Waals surface area contributed by atoms with Crippen LogP contribution < -0.4 is 10.6 Å². The van der Waals surface area contributed by atoms with Crippen molar-refractivity contribution < 1.29 is 4.79 Å². The van der Waals surface area contributed by atoms with Crippen LogP contribution in [0, 0.1) is 5.92 Å². The van der Waals surface area contributed by atoms with Crippen LogP contribution in [-0.2, 0) is 14.1 Å². The Hall–Kier alpha value is -2.38. The van der Waals surface area contributed by atoms with Gasteiger partial charge in [0.2, 0.25) is 0 Å². The topological polar surface area (TPSA) is 89.7 Å². The van der Waals surface area contributed by atoms with Crippen LogP contribution in [-0.4, -0.2) is 30.6 Å². The van der Waals surface area contributed by atoms with Gasteiger partial charge in [-0.2, -0.15) is 0 Å². The van der Waals surface area contributed by atoms with Crippen LogP contribution in [0.15, 0.2) is 18.6 Å². The SMILES string of the molecule is Cn1cc(NC(=O)N[C@H](c2nccn2C)C2CC2)nn1. The molecule has 0 unspecified atom stereocenters. The summed E-state index contributed by atoms with van der Waals surface area (Å²) in [5.74, 6) is 1.77. The third kappa shape index (κ3) is 2.63. The highest BCUT2D eigenvalue weighted by molar-refractivity contribution is 5.88. The van der Waals surface area contributed by atoms with Gasteiger partial charge in [0.25, 0.3) is 0 Å². The molecule has 8 heteroatoms. The first-order valence-corrected chi connectivity index (χ1v) is 6.54. The van der Waals surface area contributed by atoms with Gasteiger partial charge in [0.1, 0.15) is 5.82 Å². The van der Waals surface area contributed by atoms with Crippen molar-refractivity contribution in [3.8, 4) is 0 Å². The van der Waals surface area contributed by atoms with Gasteiger partial charge >= 0.3 is 6.03 Å². The molecule has 2 aromatic rings. The summed E-state index contributed by atoms with van der Waals surface area (Å²) in [7, 11) is 3.68. The van der Waals surface area contributed by atoms with E-state index in [9.17, 15) is 4.79 Å². The van der Waals surface area contributed by atoms with Gasteiger partial charge in [0.15, 0.2) is 5.82 Å². The molecule has 1 aliphatic rings. The Bertz CT molecular complexity index is 613. The normalized spacial score (nSPS) is 15.9. The van der Waals surface area contributed by atoms with Crippen LogP contribution in [0.3, 0.4) is 0 Å². The molecule has 106 valence electrons. The maximum absolute atomic E-state index is 12.0. The highest BCUT2D eigenvalue weighted by Gasteiger charge is 2.35. The molecule has 0 aromatic carbocycles. The number of hydrogen-bond acceptors (Lipinski definition) is 4. The number of aromatic nitrogens is 5. The highest BCUT2D eigenvalue weighted by Crippen LogP contribution is 2.40. The van der Waals surface area contributed by atoms with Gasteiger partial charge in [-0.15, -0.1) is 5.10 Å². The molecule has 1 atom stereocenters. The minimum Gasteiger partial charge on any atom is -0.336 e. The van der Waals surface area contributed by atoms with Gasteiger partial charge in [-0.25, -0.2) is 9.78 Å². The molecule has 2 amide bonds. The fraction of sp³-hybridized carbons (Fsp3) is 0.500. The second-order valence-corrected chi connectivity index (χ2v) is 5.09. The molecule has 8 nitrogen and oxygen atoms in total. The zero-order chi connectivity index (χ0) is 14.1. The van der Waals surface area contributed by atoms with Crippen LogP contribution >= 0.6 is 0 Å². The van der Waals surface area contributed by atoms with Crippen molar-refractivity contribution in [1.82, 2.24) is 29.9 Å². The number of anilines is 1. The summed E-state index contributed by atoms with van der Waals surface area (Å²) in [5, 5.41) is 13.2. The molecular weight excluding hydrogens is 258 g/mol. The minimum atomic E-state index is -0.287. The molecule has 0 saturated heterocycles. The van der Waals surface area contributed by atoms with Crippen molar-refractivity contribution >= 4 is 11.8 Å². The number of aryl methyl sites for hydroxylation is 2. The predicted octanol–water partition coefficient (Wildman–Crippen LogP) is 0.821. The lowest BCUT2D eigenvalue weighted by molar-refractivity contribution is 0.246. The molecule has 1 fully saturated rings. The lowest BCUT2D eigenvalue weighted by Gasteiger charge is -2.17. The number of carbonyl (C=O) groups is 1. The van der Waals surface area contributed by atoms with E-state index >= 15 is 0 Å². The van der Waals surface area contributed by atoms with Gasteiger partial charge in [0.05, 0.1) is 12.2 Å². The largest absolute Gasteiger partial charge is 0.336 e. The second-order valence-electron chi connectivity index (χ2n) is 5.09. The molecule has 0 radical (unpaired) electrons. The second kappa shape index (κ2) is 4.95. The lowest BCUT2D eigenvalue weighted by atomic mass is 10.2. The van der Waals surface area contributed by atoms with E-state index in [1.807, 2.05) is 17.8 Å². The van der Waals surface area contributed by atoms with E-state index in [1.54, 1.807) is 19.4 Å².